The number of H-pyrrole nitrogens is 1. The number of aliphatic hydroxyl groups excluding tert-OH is 1. The summed E-state index contributed by atoms with van der Waals surface area (Å²) in [6.45, 7) is 9.94. The lowest BCUT2D eigenvalue weighted by atomic mass is 9.83. The Morgan fingerprint density at radius 3 is 2.59 bits per heavy atom. The third kappa shape index (κ3) is 3.96. The molecule has 168 valence electrons. The molecule has 0 aliphatic carbocycles. The third-order valence-electron chi connectivity index (χ3n) is 6.88. The van der Waals surface area contributed by atoms with E-state index in [9.17, 15) is 9.90 Å². The van der Waals surface area contributed by atoms with Crippen LogP contribution in [-0.4, -0.2) is 34.0 Å². The van der Waals surface area contributed by atoms with Gasteiger partial charge in [0.2, 0.25) is 0 Å². The van der Waals surface area contributed by atoms with Gasteiger partial charge in [0.1, 0.15) is 0 Å². The molecular formula is C27H33N3O2. The Kier molecular flexibility index (Phi) is 5.34. The predicted molar refractivity (Wildman–Crippen MR) is 128 cm³/mol. The van der Waals surface area contributed by atoms with E-state index in [1.165, 1.54) is 37.9 Å². The normalized spacial score (nSPS) is 18.1. The Bertz CT molecular complexity index is 1170. The van der Waals surface area contributed by atoms with Crippen LogP contribution in [0, 0.1) is 5.41 Å². The van der Waals surface area contributed by atoms with Gasteiger partial charge in [0.05, 0.1) is 11.7 Å². The number of nitrogens with one attached hydrogen (secondary N) is 2. The minimum absolute atomic E-state index is 0.0451. The van der Waals surface area contributed by atoms with Crippen LogP contribution in [0.3, 0.4) is 0 Å². The Balaban J connectivity index is 1.54. The second kappa shape index (κ2) is 8.05. The van der Waals surface area contributed by atoms with E-state index < -0.39 is 6.10 Å². The van der Waals surface area contributed by atoms with Crippen LogP contribution in [-0.2, 0) is 13.1 Å². The number of amides is 1. The van der Waals surface area contributed by atoms with Crippen LogP contribution in [0.25, 0.3) is 22.2 Å². The molecule has 2 aliphatic heterocycles. The fourth-order valence-corrected chi connectivity index (χ4v) is 5.07. The number of benzene rings is 2. The summed E-state index contributed by atoms with van der Waals surface area (Å²) in [5, 5.41) is 15.0. The maximum absolute atomic E-state index is 12.6. The topological polar surface area (TPSA) is 68.4 Å². The second-order valence-corrected chi connectivity index (χ2v) is 10.5. The summed E-state index contributed by atoms with van der Waals surface area (Å²) < 4.78 is 0. The molecule has 1 aromatic heterocycles. The smallest absolute Gasteiger partial charge is 0.252 e. The highest BCUT2D eigenvalue weighted by Gasteiger charge is 2.30. The first kappa shape index (κ1) is 21.2. The van der Waals surface area contributed by atoms with Crippen molar-refractivity contribution in [1.29, 1.82) is 0 Å². The van der Waals surface area contributed by atoms with Crippen LogP contribution in [0.15, 0.2) is 36.4 Å². The van der Waals surface area contributed by atoms with Gasteiger partial charge in [0.15, 0.2) is 0 Å². The molecule has 3 N–H and O–H groups in total. The number of fused-ring (bicyclic) bond motifs is 2. The number of aromatic nitrogens is 1. The predicted octanol–water partition coefficient (Wildman–Crippen LogP) is 5.14. The summed E-state index contributed by atoms with van der Waals surface area (Å²) in [6.07, 6.45) is 3.32. The minimum Gasteiger partial charge on any atom is -0.388 e. The van der Waals surface area contributed by atoms with Gasteiger partial charge in [0.25, 0.3) is 5.91 Å². The first-order chi connectivity index (χ1) is 15.3. The molecule has 1 unspecified atom stereocenters. The van der Waals surface area contributed by atoms with E-state index in [2.05, 4.69) is 39.5 Å². The van der Waals surface area contributed by atoms with E-state index in [1.54, 1.807) is 0 Å². The zero-order chi connectivity index (χ0) is 22.5. The fraction of sp³-hybridized carbons (Fsp3) is 0.444. The van der Waals surface area contributed by atoms with Gasteiger partial charge in [-0.1, -0.05) is 39.3 Å². The SMILES string of the molecule is CC(C)(C)C(O)c1cc2c(c(-c3cc4cc(CN5CCCCC5)ccc4[nH]3)c1)C(=O)NC2. The van der Waals surface area contributed by atoms with Crippen LogP contribution in [0.1, 0.15) is 73.2 Å². The Morgan fingerprint density at radius 1 is 1.06 bits per heavy atom. The number of carbonyl (C=O) groups excluding carboxylic acids is 1. The Labute approximate surface area is 189 Å². The van der Waals surface area contributed by atoms with Crippen LogP contribution < -0.4 is 5.32 Å². The number of aliphatic hydroxyl groups is 1. The Morgan fingerprint density at radius 2 is 1.84 bits per heavy atom. The van der Waals surface area contributed by atoms with Gasteiger partial charge in [-0.3, -0.25) is 9.69 Å². The molecular weight excluding hydrogens is 398 g/mol. The highest BCUT2D eigenvalue weighted by molar-refractivity contribution is 6.05. The lowest BCUT2D eigenvalue weighted by molar-refractivity contribution is 0.0626. The molecule has 0 saturated carbocycles. The quantitative estimate of drug-likeness (QED) is 0.536. The number of piperidine rings is 1. The first-order valence-electron chi connectivity index (χ1n) is 11.8. The average molecular weight is 432 g/mol. The fourth-order valence-electron chi connectivity index (χ4n) is 5.07. The summed E-state index contributed by atoms with van der Waals surface area (Å²) in [5.41, 5.74) is 6.42. The van der Waals surface area contributed by atoms with Crippen LogP contribution in [0.4, 0.5) is 0 Å². The van der Waals surface area contributed by atoms with Gasteiger partial charge in [-0.05, 0) is 72.3 Å². The summed E-state index contributed by atoms with van der Waals surface area (Å²) in [6, 6.07) is 12.7. The molecule has 5 rings (SSSR count). The minimum atomic E-state index is -0.609. The van der Waals surface area contributed by atoms with Crippen molar-refractivity contribution in [1.82, 2.24) is 15.2 Å². The Hall–Kier alpha value is -2.63. The molecule has 1 amide bonds. The van der Waals surface area contributed by atoms with Crippen molar-refractivity contribution in [2.45, 2.75) is 59.2 Å². The van der Waals surface area contributed by atoms with E-state index in [-0.39, 0.29) is 11.3 Å². The van der Waals surface area contributed by atoms with Gasteiger partial charge in [-0.25, -0.2) is 0 Å². The molecule has 5 heteroatoms. The number of aromatic amines is 1. The van der Waals surface area contributed by atoms with Crippen LogP contribution in [0.5, 0.6) is 0 Å². The van der Waals surface area contributed by atoms with Gasteiger partial charge >= 0.3 is 0 Å². The van der Waals surface area contributed by atoms with Crippen molar-refractivity contribution in [3.05, 3.63) is 58.7 Å². The van der Waals surface area contributed by atoms with Crippen molar-refractivity contribution >= 4 is 16.8 Å². The third-order valence-corrected chi connectivity index (χ3v) is 6.88. The van der Waals surface area contributed by atoms with Gasteiger partial charge in [-0.15, -0.1) is 0 Å². The van der Waals surface area contributed by atoms with Crippen LogP contribution >= 0.6 is 0 Å². The number of nitrogens with zero attached hydrogens (tertiary/aromatic N) is 1. The molecule has 32 heavy (non-hydrogen) atoms. The molecule has 5 nitrogen and oxygen atoms in total. The highest BCUT2D eigenvalue weighted by atomic mass is 16.3. The van der Waals surface area contributed by atoms with Crippen molar-refractivity contribution in [3.63, 3.8) is 0 Å². The maximum atomic E-state index is 12.6. The largest absolute Gasteiger partial charge is 0.388 e. The average Bonchev–Trinajstić information content (AvgIpc) is 3.36. The van der Waals surface area contributed by atoms with Crippen molar-refractivity contribution in [2.24, 2.45) is 5.41 Å². The molecule has 2 aromatic carbocycles. The van der Waals surface area contributed by atoms with Crippen molar-refractivity contribution in [3.8, 4) is 11.3 Å². The van der Waals surface area contributed by atoms with Gasteiger partial charge in [0, 0.05) is 35.2 Å². The lowest BCUT2D eigenvalue weighted by Crippen LogP contribution is -2.28. The second-order valence-electron chi connectivity index (χ2n) is 10.5. The van der Waals surface area contributed by atoms with E-state index in [0.717, 1.165) is 45.4 Å². The van der Waals surface area contributed by atoms with Crippen molar-refractivity contribution in [2.75, 3.05) is 13.1 Å². The molecule has 3 aromatic rings. The maximum Gasteiger partial charge on any atom is 0.252 e. The molecule has 0 radical (unpaired) electrons. The van der Waals surface area contributed by atoms with E-state index in [1.807, 2.05) is 32.9 Å². The summed E-state index contributed by atoms with van der Waals surface area (Å²) in [5.74, 6) is -0.0451. The first-order valence-corrected chi connectivity index (χ1v) is 11.8. The number of likely N-dealkylation sites (tertiary alicyclic amines) is 1. The number of hydrogen-bond donors (Lipinski definition) is 3. The summed E-state index contributed by atoms with van der Waals surface area (Å²) in [7, 11) is 0. The molecule has 1 atom stereocenters. The molecule has 1 fully saturated rings. The lowest BCUT2D eigenvalue weighted by Gasteiger charge is -2.27. The highest BCUT2D eigenvalue weighted by Crippen LogP contribution is 2.38. The molecule has 0 spiro atoms. The number of hydrogen-bond acceptors (Lipinski definition) is 3. The molecule has 1 saturated heterocycles. The zero-order valence-electron chi connectivity index (χ0n) is 19.3. The van der Waals surface area contributed by atoms with E-state index in [4.69, 9.17) is 0 Å². The standard InChI is InChI=1S/C27H33N3O2/c1-27(2,3)25(31)19-12-20-15-28-26(32)24(20)21(13-19)23-14-18-11-17(7-8-22(18)29-23)16-30-9-5-4-6-10-30/h7-8,11-14,25,29,31H,4-6,9-10,15-16H2,1-3H3,(H,28,32). The van der Waals surface area contributed by atoms with E-state index >= 15 is 0 Å². The monoisotopic (exact) mass is 431 g/mol. The molecule has 2 aliphatic rings. The van der Waals surface area contributed by atoms with Crippen LogP contribution in [0.2, 0.25) is 0 Å². The molecule has 3 heterocycles. The van der Waals surface area contributed by atoms with Crippen molar-refractivity contribution < 1.29 is 9.90 Å². The number of rotatable bonds is 4. The van der Waals surface area contributed by atoms with E-state index in [0.29, 0.717) is 6.54 Å². The zero-order valence-corrected chi connectivity index (χ0v) is 19.3. The van der Waals surface area contributed by atoms with Gasteiger partial charge in [-0.2, -0.15) is 0 Å². The van der Waals surface area contributed by atoms with Gasteiger partial charge < -0.3 is 15.4 Å². The molecule has 0 bridgehead atoms. The summed E-state index contributed by atoms with van der Waals surface area (Å²) >= 11 is 0. The summed E-state index contributed by atoms with van der Waals surface area (Å²) in [4.78, 5) is 18.7. The number of carbonyl (C=O) groups is 1.